The van der Waals surface area contributed by atoms with Crippen molar-refractivity contribution in [3.8, 4) is 17.0 Å². The second-order valence-electron chi connectivity index (χ2n) is 7.74. The Morgan fingerprint density at radius 1 is 1.00 bits per heavy atom. The molecule has 0 bridgehead atoms. The lowest BCUT2D eigenvalue weighted by Crippen LogP contribution is -2.49. The molecule has 1 fully saturated rings. The highest BCUT2D eigenvalue weighted by Crippen LogP contribution is 2.24. The molecule has 5 rings (SSSR count). The van der Waals surface area contributed by atoms with Crippen LogP contribution in [0.1, 0.15) is 16.2 Å². The van der Waals surface area contributed by atoms with Crippen molar-refractivity contribution in [3.63, 3.8) is 0 Å². The van der Waals surface area contributed by atoms with Gasteiger partial charge in [-0.1, -0.05) is 6.07 Å². The number of carbonyl (C=O) groups excluding carboxylic acids is 1. The van der Waals surface area contributed by atoms with Crippen molar-refractivity contribution in [2.75, 3.05) is 38.2 Å². The maximum atomic E-state index is 13.2. The minimum atomic E-state index is 0.0162. The number of anilines is 1. The van der Waals surface area contributed by atoms with Crippen molar-refractivity contribution < 1.29 is 9.53 Å². The molecule has 1 aliphatic heterocycles. The smallest absolute Gasteiger partial charge is 0.272 e. The fraction of sp³-hybridized carbons (Fsp3) is 0.250. The third kappa shape index (κ3) is 3.64. The molecule has 0 saturated carbocycles. The van der Waals surface area contributed by atoms with Crippen molar-refractivity contribution in [2.24, 2.45) is 0 Å². The minimum absolute atomic E-state index is 0.0162. The summed E-state index contributed by atoms with van der Waals surface area (Å²) in [7, 11) is 1.65. The fourth-order valence-corrected chi connectivity index (χ4v) is 4.10. The van der Waals surface area contributed by atoms with Gasteiger partial charge >= 0.3 is 0 Å². The largest absolute Gasteiger partial charge is 0.497 e. The number of fused-ring (bicyclic) bond motifs is 1. The molecule has 1 amide bonds. The Hall–Kier alpha value is -3.94. The van der Waals surface area contributed by atoms with Crippen LogP contribution in [-0.2, 0) is 0 Å². The summed E-state index contributed by atoms with van der Waals surface area (Å²) in [6.45, 7) is 4.56. The standard InChI is InChI=1S/C24H24N6O2/c1-17-23(30-10-4-3-5-21(30)27-17)24(31)29-13-11-28(12-14-29)22-15-20(25-16-26-22)18-6-8-19(32-2)9-7-18/h3-10,15-16H,11-14H2,1-2H3. The van der Waals surface area contributed by atoms with Crippen LogP contribution in [0.2, 0.25) is 0 Å². The number of hydrogen-bond acceptors (Lipinski definition) is 6. The van der Waals surface area contributed by atoms with Gasteiger partial charge in [-0.15, -0.1) is 0 Å². The van der Waals surface area contributed by atoms with E-state index < -0.39 is 0 Å². The number of aromatic nitrogens is 4. The molecule has 4 heterocycles. The highest BCUT2D eigenvalue weighted by Gasteiger charge is 2.26. The third-order valence-electron chi connectivity index (χ3n) is 5.84. The van der Waals surface area contributed by atoms with Gasteiger partial charge in [0.2, 0.25) is 0 Å². The third-order valence-corrected chi connectivity index (χ3v) is 5.84. The average Bonchev–Trinajstić information content (AvgIpc) is 3.19. The van der Waals surface area contributed by atoms with Crippen LogP contribution >= 0.6 is 0 Å². The number of nitrogens with zero attached hydrogens (tertiary/aromatic N) is 6. The van der Waals surface area contributed by atoms with Gasteiger partial charge in [-0.05, 0) is 43.3 Å². The van der Waals surface area contributed by atoms with Crippen LogP contribution in [0.5, 0.6) is 5.75 Å². The summed E-state index contributed by atoms with van der Waals surface area (Å²) < 4.78 is 7.10. The predicted octanol–water partition coefficient (Wildman–Crippen LogP) is 3.07. The number of piperazine rings is 1. The lowest BCUT2D eigenvalue weighted by molar-refractivity contribution is 0.0738. The number of amides is 1. The van der Waals surface area contributed by atoms with Gasteiger partial charge in [0.15, 0.2) is 0 Å². The molecule has 8 heteroatoms. The van der Waals surface area contributed by atoms with Gasteiger partial charge in [-0.3, -0.25) is 9.20 Å². The van der Waals surface area contributed by atoms with Gasteiger partial charge in [-0.25, -0.2) is 15.0 Å². The van der Waals surface area contributed by atoms with Gasteiger partial charge in [-0.2, -0.15) is 0 Å². The summed E-state index contributed by atoms with van der Waals surface area (Å²) in [5.74, 6) is 1.69. The zero-order valence-corrected chi connectivity index (χ0v) is 18.1. The van der Waals surface area contributed by atoms with E-state index in [1.807, 2.05) is 71.0 Å². The molecule has 0 aliphatic carbocycles. The topological polar surface area (TPSA) is 75.9 Å². The van der Waals surface area contributed by atoms with Gasteiger partial charge in [0.1, 0.15) is 29.2 Å². The molecule has 1 aliphatic rings. The second kappa shape index (κ2) is 8.30. The van der Waals surface area contributed by atoms with Gasteiger partial charge in [0.05, 0.1) is 18.5 Å². The highest BCUT2D eigenvalue weighted by atomic mass is 16.5. The molecular formula is C24H24N6O2. The SMILES string of the molecule is COc1ccc(-c2cc(N3CCN(C(=O)c4c(C)nc5ccccn45)CC3)ncn2)cc1. The number of rotatable bonds is 4. The molecule has 0 unspecified atom stereocenters. The van der Waals surface area contributed by atoms with Crippen LogP contribution in [0.4, 0.5) is 5.82 Å². The van der Waals surface area contributed by atoms with E-state index in [0.717, 1.165) is 34.2 Å². The number of hydrogen-bond donors (Lipinski definition) is 0. The molecule has 0 atom stereocenters. The van der Waals surface area contributed by atoms with Crippen molar-refractivity contribution in [1.82, 2.24) is 24.3 Å². The lowest BCUT2D eigenvalue weighted by atomic mass is 10.1. The van der Waals surface area contributed by atoms with Crippen molar-refractivity contribution in [2.45, 2.75) is 6.92 Å². The van der Waals surface area contributed by atoms with Crippen LogP contribution in [0.15, 0.2) is 61.1 Å². The Morgan fingerprint density at radius 3 is 2.53 bits per heavy atom. The Morgan fingerprint density at radius 2 is 1.78 bits per heavy atom. The van der Waals surface area contributed by atoms with Crippen LogP contribution in [-0.4, -0.2) is 63.4 Å². The number of imidazole rings is 1. The summed E-state index contributed by atoms with van der Waals surface area (Å²) in [6, 6.07) is 15.6. The summed E-state index contributed by atoms with van der Waals surface area (Å²) >= 11 is 0. The number of pyridine rings is 1. The van der Waals surface area contributed by atoms with E-state index in [9.17, 15) is 4.79 Å². The molecule has 0 radical (unpaired) electrons. The molecule has 0 spiro atoms. The van der Waals surface area contributed by atoms with Crippen LogP contribution in [0.25, 0.3) is 16.9 Å². The van der Waals surface area contributed by atoms with Gasteiger partial charge in [0, 0.05) is 44.0 Å². The summed E-state index contributed by atoms with van der Waals surface area (Å²) in [4.78, 5) is 30.7. The predicted molar refractivity (Wildman–Crippen MR) is 122 cm³/mol. The van der Waals surface area contributed by atoms with Gasteiger partial charge in [0.25, 0.3) is 5.91 Å². The van der Waals surface area contributed by atoms with Crippen LogP contribution in [0, 0.1) is 6.92 Å². The molecule has 8 nitrogen and oxygen atoms in total. The lowest BCUT2D eigenvalue weighted by Gasteiger charge is -2.35. The monoisotopic (exact) mass is 428 g/mol. The summed E-state index contributed by atoms with van der Waals surface area (Å²) in [5.41, 5.74) is 4.05. The van der Waals surface area contributed by atoms with E-state index in [1.54, 1.807) is 13.4 Å². The molecule has 0 N–H and O–H groups in total. The molecule has 1 saturated heterocycles. The first-order valence-corrected chi connectivity index (χ1v) is 10.6. The maximum absolute atomic E-state index is 13.2. The molecule has 1 aromatic carbocycles. The Bertz CT molecular complexity index is 1260. The van der Waals surface area contributed by atoms with Crippen molar-refractivity contribution in [1.29, 1.82) is 0 Å². The number of benzene rings is 1. The first-order chi connectivity index (χ1) is 15.6. The van der Waals surface area contributed by atoms with E-state index in [0.29, 0.717) is 31.9 Å². The molecule has 32 heavy (non-hydrogen) atoms. The minimum Gasteiger partial charge on any atom is -0.497 e. The maximum Gasteiger partial charge on any atom is 0.272 e. The number of ether oxygens (including phenoxy) is 1. The quantitative estimate of drug-likeness (QED) is 0.497. The van der Waals surface area contributed by atoms with E-state index >= 15 is 0 Å². The van der Waals surface area contributed by atoms with Crippen molar-refractivity contribution in [3.05, 3.63) is 72.4 Å². The van der Waals surface area contributed by atoms with E-state index in [1.165, 1.54) is 0 Å². The van der Waals surface area contributed by atoms with Gasteiger partial charge < -0.3 is 14.5 Å². The van der Waals surface area contributed by atoms with E-state index in [2.05, 4.69) is 19.9 Å². The zero-order valence-electron chi connectivity index (χ0n) is 18.1. The van der Waals surface area contributed by atoms with E-state index in [4.69, 9.17) is 4.74 Å². The number of methoxy groups -OCH3 is 1. The highest BCUT2D eigenvalue weighted by molar-refractivity contribution is 5.94. The Kier molecular flexibility index (Phi) is 5.18. The van der Waals surface area contributed by atoms with Crippen LogP contribution < -0.4 is 9.64 Å². The number of aryl methyl sites for hydroxylation is 1. The summed E-state index contributed by atoms with van der Waals surface area (Å²) in [6.07, 6.45) is 3.48. The fourth-order valence-electron chi connectivity index (χ4n) is 4.10. The molecule has 162 valence electrons. The Balaban J connectivity index is 1.30. The Labute approximate surface area is 186 Å². The van der Waals surface area contributed by atoms with Crippen molar-refractivity contribution >= 4 is 17.4 Å². The number of carbonyl (C=O) groups is 1. The average molecular weight is 428 g/mol. The summed E-state index contributed by atoms with van der Waals surface area (Å²) in [5, 5.41) is 0. The normalized spacial score (nSPS) is 14.1. The van der Waals surface area contributed by atoms with Crippen LogP contribution in [0.3, 0.4) is 0 Å². The first-order valence-electron chi connectivity index (χ1n) is 10.6. The molecule has 3 aromatic heterocycles. The molecular weight excluding hydrogens is 404 g/mol. The first kappa shape index (κ1) is 20.0. The second-order valence-corrected chi connectivity index (χ2v) is 7.74. The van der Waals surface area contributed by atoms with E-state index in [-0.39, 0.29) is 5.91 Å². The zero-order chi connectivity index (χ0) is 22.1. The molecule has 4 aromatic rings.